The topological polar surface area (TPSA) is 51.4 Å². The summed E-state index contributed by atoms with van der Waals surface area (Å²) >= 11 is 0. The van der Waals surface area contributed by atoms with Gasteiger partial charge in [0.25, 0.3) is 0 Å². The Labute approximate surface area is 160 Å². The van der Waals surface area contributed by atoms with Gasteiger partial charge in [0.2, 0.25) is 11.7 Å². The zero-order valence-electron chi connectivity index (χ0n) is 15.7. The van der Waals surface area contributed by atoms with Crippen LogP contribution in [0.2, 0.25) is 0 Å². The maximum Gasteiger partial charge on any atom is 0.241 e. The molecule has 0 spiro atoms. The van der Waals surface area contributed by atoms with E-state index in [4.69, 9.17) is 9.26 Å². The van der Waals surface area contributed by atoms with E-state index in [1.54, 1.807) is 0 Å². The molecule has 27 heavy (non-hydrogen) atoms. The second-order valence-corrected chi connectivity index (χ2v) is 7.27. The van der Waals surface area contributed by atoms with Gasteiger partial charge >= 0.3 is 0 Å². The van der Waals surface area contributed by atoms with Crippen molar-refractivity contribution in [1.82, 2.24) is 15.0 Å². The molecule has 0 amide bonds. The Kier molecular flexibility index (Phi) is 5.49. The van der Waals surface area contributed by atoms with E-state index in [0.717, 1.165) is 42.4 Å². The lowest BCUT2D eigenvalue weighted by Crippen LogP contribution is -2.32. The third-order valence-corrected chi connectivity index (χ3v) is 5.06. The van der Waals surface area contributed by atoms with Gasteiger partial charge in [0, 0.05) is 5.56 Å². The van der Waals surface area contributed by atoms with Crippen LogP contribution in [0.3, 0.4) is 0 Å². The van der Waals surface area contributed by atoms with E-state index >= 15 is 0 Å². The normalized spacial score (nSPS) is 15.7. The Morgan fingerprint density at radius 2 is 1.78 bits per heavy atom. The standard InChI is InChI=1S/C22H25N3O2/c1-17-11-13-25(14-12-17)15-21-23-22(24-27-21)19-7-9-20(10-8-19)26-16-18-5-3-2-4-6-18/h2-10,17H,11-16H2,1H3. The summed E-state index contributed by atoms with van der Waals surface area (Å²) in [6, 6.07) is 18.0. The van der Waals surface area contributed by atoms with Crippen LogP contribution in [0.5, 0.6) is 5.75 Å². The number of benzene rings is 2. The number of hydrogen-bond acceptors (Lipinski definition) is 5. The molecule has 140 valence electrons. The minimum absolute atomic E-state index is 0.557. The number of hydrogen-bond donors (Lipinski definition) is 0. The molecule has 0 unspecified atom stereocenters. The Balaban J connectivity index is 1.34. The summed E-state index contributed by atoms with van der Waals surface area (Å²) in [7, 11) is 0. The smallest absolute Gasteiger partial charge is 0.241 e. The molecule has 0 radical (unpaired) electrons. The summed E-state index contributed by atoms with van der Waals surface area (Å²) in [5.41, 5.74) is 2.08. The van der Waals surface area contributed by atoms with Gasteiger partial charge in [0.15, 0.2) is 0 Å². The average Bonchev–Trinajstić information content (AvgIpc) is 3.18. The fraction of sp³-hybridized carbons (Fsp3) is 0.364. The monoisotopic (exact) mass is 363 g/mol. The van der Waals surface area contributed by atoms with Crippen LogP contribution in [0, 0.1) is 5.92 Å². The van der Waals surface area contributed by atoms with Crippen LogP contribution < -0.4 is 4.74 Å². The Morgan fingerprint density at radius 3 is 2.52 bits per heavy atom. The van der Waals surface area contributed by atoms with Gasteiger partial charge in [-0.1, -0.05) is 42.4 Å². The molecule has 0 aliphatic carbocycles. The van der Waals surface area contributed by atoms with Crippen molar-refractivity contribution in [2.24, 2.45) is 5.92 Å². The van der Waals surface area contributed by atoms with Crippen LogP contribution in [0.25, 0.3) is 11.4 Å². The predicted molar refractivity (Wildman–Crippen MR) is 104 cm³/mol. The summed E-state index contributed by atoms with van der Waals surface area (Å²) in [5, 5.41) is 4.14. The number of nitrogens with zero attached hydrogens (tertiary/aromatic N) is 3. The van der Waals surface area contributed by atoms with Gasteiger partial charge in [-0.25, -0.2) is 0 Å². The van der Waals surface area contributed by atoms with E-state index in [9.17, 15) is 0 Å². The van der Waals surface area contributed by atoms with Gasteiger partial charge in [0.05, 0.1) is 6.54 Å². The lowest BCUT2D eigenvalue weighted by molar-refractivity contribution is 0.165. The number of likely N-dealkylation sites (tertiary alicyclic amines) is 1. The van der Waals surface area contributed by atoms with Gasteiger partial charge in [-0.15, -0.1) is 0 Å². The summed E-state index contributed by atoms with van der Waals surface area (Å²) < 4.78 is 11.3. The van der Waals surface area contributed by atoms with Crippen molar-refractivity contribution in [2.45, 2.75) is 32.9 Å². The maximum atomic E-state index is 5.83. The SMILES string of the molecule is CC1CCN(Cc2nc(-c3ccc(OCc4ccccc4)cc3)no2)CC1. The van der Waals surface area contributed by atoms with Crippen molar-refractivity contribution in [1.29, 1.82) is 0 Å². The molecule has 1 aliphatic heterocycles. The summed E-state index contributed by atoms with van der Waals surface area (Å²) in [6.07, 6.45) is 2.48. The van der Waals surface area contributed by atoms with Crippen LogP contribution >= 0.6 is 0 Å². The third kappa shape index (κ3) is 4.74. The van der Waals surface area contributed by atoms with E-state index in [-0.39, 0.29) is 0 Å². The highest BCUT2D eigenvalue weighted by Crippen LogP contribution is 2.22. The second kappa shape index (κ2) is 8.35. The first kappa shape index (κ1) is 17.7. The molecule has 1 fully saturated rings. The van der Waals surface area contributed by atoms with E-state index in [0.29, 0.717) is 18.3 Å². The van der Waals surface area contributed by atoms with Crippen LogP contribution in [0.15, 0.2) is 59.1 Å². The highest BCUT2D eigenvalue weighted by molar-refractivity contribution is 5.55. The van der Waals surface area contributed by atoms with Crippen molar-refractivity contribution in [3.8, 4) is 17.1 Å². The molecule has 1 saturated heterocycles. The highest BCUT2D eigenvalue weighted by atomic mass is 16.5. The van der Waals surface area contributed by atoms with E-state index in [2.05, 4.69) is 34.1 Å². The number of ether oxygens (including phenoxy) is 1. The first-order valence-electron chi connectivity index (χ1n) is 9.58. The van der Waals surface area contributed by atoms with Gasteiger partial charge < -0.3 is 9.26 Å². The first-order valence-corrected chi connectivity index (χ1v) is 9.58. The number of aromatic nitrogens is 2. The second-order valence-electron chi connectivity index (χ2n) is 7.27. The van der Waals surface area contributed by atoms with Gasteiger partial charge in [-0.3, -0.25) is 4.90 Å². The summed E-state index contributed by atoms with van der Waals surface area (Å²) in [5.74, 6) is 2.96. The molecule has 5 heteroatoms. The van der Waals surface area contributed by atoms with Crippen molar-refractivity contribution in [2.75, 3.05) is 13.1 Å². The molecule has 1 aliphatic rings. The first-order chi connectivity index (χ1) is 13.3. The number of piperidine rings is 1. The average molecular weight is 363 g/mol. The van der Waals surface area contributed by atoms with Gasteiger partial charge in [0.1, 0.15) is 12.4 Å². The fourth-order valence-corrected chi connectivity index (χ4v) is 3.29. The number of rotatable bonds is 6. The van der Waals surface area contributed by atoms with Crippen LogP contribution in [-0.2, 0) is 13.2 Å². The predicted octanol–water partition coefficient (Wildman–Crippen LogP) is 4.55. The zero-order chi connectivity index (χ0) is 18.5. The molecule has 5 nitrogen and oxygen atoms in total. The van der Waals surface area contributed by atoms with Crippen LogP contribution in [0.4, 0.5) is 0 Å². The molecular formula is C22H25N3O2. The maximum absolute atomic E-state index is 5.83. The van der Waals surface area contributed by atoms with Crippen LogP contribution in [0.1, 0.15) is 31.2 Å². The lowest BCUT2D eigenvalue weighted by Gasteiger charge is -2.28. The van der Waals surface area contributed by atoms with Gasteiger partial charge in [-0.2, -0.15) is 4.98 Å². The molecule has 0 N–H and O–H groups in total. The van der Waals surface area contributed by atoms with E-state index in [1.807, 2.05) is 42.5 Å². The Bertz CT molecular complexity index is 838. The lowest BCUT2D eigenvalue weighted by atomic mass is 9.99. The summed E-state index contributed by atoms with van der Waals surface area (Å²) in [4.78, 5) is 6.94. The van der Waals surface area contributed by atoms with Crippen LogP contribution in [-0.4, -0.2) is 28.1 Å². The zero-order valence-corrected chi connectivity index (χ0v) is 15.7. The molecular weight excluding hydrogens is 338 g/mol. The molecule has 2 heterocycles. The quantitative estimate of drug-likeness (QED) is 0.643. The molecule has 0 bridgehead atoms. The van der Waals surface area contributed by atoms with E-state index < -0.39 is 0 Å². The minimum Gasteiger partial charge on any atom is -0.489 e. The third-order valence-electron chi connectivity index (χ3n) is 5.06. The van der Waals surface area contributed by atoms with Gasteiger partial charge in [-0.05, 0) is 61.7 Å². The molecule has 4 rings (SSSR count). The highest BCUT2D eigenvalue weighted by Gasteiger charge is 2.18. The molecule has 0 atom stereocenters. The van der Waals surface area contributed by atoms with Crippen molar-refractivity contribution in [3.05, 3.63) is 66.1 Å². The Hall–Kier alpha value is -2.66. The molecule has 1 aromatic heterocycles. The Morgan fingerprint density at radius 1 is 1.04 bits per heavy atom. The molecule has 3 aromatic rings. The molecule has 2 aromatic carbocycles. The fourth-order valence-electron chi connectivity index (χ4n) is 3.29. The molecule has 0 saturated carbocycles. The van der Waals surface area contributed by atoms with E-state index in [1.165, 1.54) is 12.8 Å². The largest absolute Gasteiger partial charge is 0.489 e. The summed E-state index contributed by atoms with van der Waals surface area (Å²) in [6.45, 7) is 5.81. The van der Waals surface area contributed by atoms with Crippen molar-refractivity contribution < 1.29 is 9.26 Å². The van der Waals surface area contributed by atoms with Crippen molar-refractivity contribution >= 4 is 0 Å². The minimum atomic E-state index is 0.557. The van der Waals surface area contributed by atoms with Crippen molar-refractivity contribution in [3.63, 3.8) is 0 Å².